The largest absolute Gasteiger partial charge is 0.368 e. The Hall–Kier alpha value is -0.740. The standard InChI is InChI=1S/C12H19NO2S/c1-6-15-12(4,5)10(14)7-11-13-8(2)9(3)16-11/h6-7H2,1-5H3. The van der Waals surface area contributed by atoms with Crippen molar-refractivity contribution in [3.05, 3.63) is 15.6 Å². The first-order valence-electron chi connectivity index (χ1n) is 5.47. The topological polar surface area (TPSA) is 39.2 Å². The Kier molecular flexibility index (Phi) is 4.21. The summed E-state index contributed by atoms with van der Waals surface area (Å²) in [5, 5.41) is 0.882. The van der Waals surface area contributed by atoms with Crippen LogP contribution < -0.4 is 0 Å². The average molecular weight is 241 g/mol. The van der Waals surface area contributed by atoms with Gasteiger partial charge in [0.15, 0.2) is 5.78 Å². The summed E-state index contributed by atoms with van der Waals surface area (Å²) in [6.07, 6.45) is 0.367. The van der Waals surface area contributed by atoms with Gasteiger partial charge in [0, 0.05) is 11.5 Å². The molecule has 1 rings (SSSR count). The lowest BCUT2D eigenvalue weighted by atomic mass is 10.0. The maximum atomic E-state index is 12.0. The number of aryl methyl sites for hydroxylation is 2. The SMILES string of the molecule is CCOC(C)(C)C(=O)Cc1nc(C)c(C)s1. The first-order valence-corrected chi connectivity index (χ1v) is 6.28. The van der Waals surface area contributed by atoms with E-state index in [0.717, 1.165) is 10.7 Å². The smallest absolute Gasteiger partial charge is 0.170 e. The van der Waals surface area contributed by atoms with Crippen LogP contribution in [0.15, 0.2) is 0 Å². The highest BCUT2D eigenvalue weighted by Gasteiger charge is 2.28. The number of ether oxygens (including phenoxy) is 1. The first kappa shape index (κ1) is 13.3. The minimum Gasteiger partial charge on any atom is -0.368 e. The van der Waals surface area contributed by atoms with Gasteiger partial charge in [-0.2, -0.15) is 0 Å². The van der Waals surface area contributed by atoms with Crippen molar-refractivity contribution in [3.63, 3.8) is 0 Å². The summed E-state index contributed by atoms with van der Waals surface area (Å²) in [6, 6.07) is 0. The second-order valence-electron chi connectivity index (χ2n) is 4.29. The number of hydrogen-bond donors (Lipinski definition) is 0. The number of carbonyl (C=O) groups is 1. The van der Waals surface area contributed by atoms with Gasteiger partial charge in [-0.05, 0) is 34.6 Å². The lowest BCUT2D eigenvalue weighted by molar-refractivity contribution is -0.139. The molecule has 0 aliphatic carbocycles. The van der Waals surface area contributed by atoms with Crippen LogP contribution in [0.2, 0.25) is 0 Å². The molecule has 1 aromatic heterocycles. The predicted octanol–water partition coefficient (Wildman–Crippen LogP) is 2.69. The Morgan fingerprint density at radius 1 is 1.44 bits per heavy atom. The molecular formula is C12H19NO2S. The fourth-order valence-electron chi connectivity index (χ4n) is 1.41. The molecule has 3 nitrogen and oxygen atoms in total. The Morgan fingerprint density at radius 2 is 2.06 bits per heavy atom. The molecule has 0 unspecified atom stereocenters. The zero-order valence-corrected chi connectivity index (χ0v) is 11.4. The van der Waals surface area contributed by atoms with E-state index in [0.29, 0.717) is 13.0 Å². The molecule has 0 fully saturated rings. The highest BCUT2D eigenvalue weighted by molar-refractivity contribution is 7.11. The van der Waals surface area contributed by atoms with Crippen molar-refractivity contribution in [1.82, 2.24) is 4.98 Å². The van der Waals surface area contributed by atoms with Crippen LogP contribution in [0.3, 0.4) is 0 Å². The molecule has 16 heavy (non-hydrogen) atoms. The first-order chi connectivity index (χ1) is 7.36. The summed E-state index contributed by atoms with van der Waals surface area (Å²) in [5.41, 5.74) is 0.310. The lowest BCUT2D eigenvalue weighted by Gasteiger charge is -2.22. The second-order valence-corrected chi connectivity index (χ2v) is 5.58. The molecule has 0 saturated carbocycles. The molecule has 1 heterocycles. The van der Waals surface area contributed by atoms with Crippen LogP contribution in [-0.2, 0) is 16.0 Å². The van der Waals surface area contributed by atoms with Gasteiger partial charge in [-0.25, -0.2) is 4.98 Å². The molecule has 0 atom stereocenters. The molecule has 0 aromatic carbocycles. The van der Waals surface area contributed by atoms with Crippen molar-refractivity contribution < 1.29 is 9.53 Å². The number of ketones is 1. The molecule has 90 valence electrons. The third-order valence-corrected chi connectivity index (χ3v) is 3.63. The number of carbonyl (C=O) groups excluding carboxylic acids is 1. The van der Waals surface area contributed by atoms with Gasteiger partial charge in [-0.3, -0.25) is 4.79 Å². The van der Waals surface area contributed by atoms with Gasteiger partial charge in [0.1, 0.15) is 10.6 Å². The highest BCUT2D eigenvalue weighted by atomic mass is 32.1. The summed E-state index contributed by atoms with van der Waals surface area (Å²) in [6.45, 7) is 10.1. The van der Waals surface area contributed by atoms with E-state index < -0.39 is 5.60 Å². The Balaban J connectivity index is 2.71. The number of hydrogen-bond acceptors (Lipinski definition) is 4. The Bertz CT molecular complexity index is 363. The quantitative estimate of drug-likeness (QED) is 0.795. The van der Waals surface area contributed by atoms with Crippen LogP contribution in [0.4, 0.5) is 0 Å². The van der Waals surface area contributed by atoms with Gasteiger partial charge in [0.05, 0.1) is 12.1 Å². The molecule has 0 N–H and O–H groups in total. The Labute approximate surface area is 101 Å². The fraction of sp³-hybridized carbons (Fsp3) is 0.667. The number of aromatic nitrogens is 1. The monoisotopic (exact) mass is 241 g/mol. The Morgan fingerprint density at radius 3 is 2.50 bits per heavy atom. The maximum Gasteiger partial charge on any atom is 0.170 e. The van der Waals surface area contributed by atoms with Crippen molar-refractivity contribution in [3.8, 4) is 0 Å². The van der Waals surface area contributed by atoms with Gasteiger partial charge in [0.25, 0.3) is 0 Å². The highest BCUT2D eigenvalue weighted by Crippen LogP contribution is 2.20. The van der Waals surface area contributed by atoms with E-state index in [2.05, 4.69) is 4.98 Å². The van der Waals surface area contributed by atoms with Crippen molar-refractivity contribution >= 4 is 17.1 Å². The summed E-state index contributed by atoms with van der Waals surface area (Å²) in [5.74, 6) is 0.0862. The van der Waals surface area contributed by atoms with Crippen LogP contribution >= 0.6 is 11.3 Å². The zero-order chi connectivity index (χ0) is 12.3. The van der Waals surface area contributed by atoms with Crippen LogP contribution in [0, 0.1) is 13.8 Å². The van der Waals surface area contributed by atoms with Crippen LogP contribution in [0.25, 0.3) is 0 Å². The van der Waals surface area contributed by atoms with Crippen molar-refractivity contribution in [2.75, 3.05) is 6.61 Å². The fourth-order valence-corrected chi connectivity index (χ4v) is 2.34. The van der Waals surface area contributed by atoms with Gasteiger partial charge in [0.2, 0.25) is 0 Å². The van der Waals surface area contributed by atoms with E-state index in [-0.39, 0.29) is 5.78 Å². The number of Topliss-reactive ketones (excluding diaryl/α,β-unsaturated/α-hetero) is 1. The molecule has 0 aliphatic rings. The minimum absolute atomic E-state index is 0.0862. The number of nitrogens with zero attached hydrogens (tertiary/aromatic N) is 1. The van der Waals surface area contributed by atoms with Crippen molar-refractivity contribution in [1.29, 1.82) is 0 Å². The molecule has 4 heteroatoms. The van der Waals surface area contributed by atoms with E-state index in [1.807, 2.05) is 34.6 Å². The van der Waals surface area contributed by atoms with Crippen LogP contribution in [0.1, 0.15) is 36.3 Å². The second kappa shape index (κ2) is 5.06. The normalized spacial score (nSPS) is 11.8. The van der Waals surface area contributed by atoms with E-state index in [1.165, 1.54) is 4.88 Å². The zero-order valence-electron chi connectivity index (χ0n) is 10.6. The van der Waals surface area contributed by atoms with E-state index in [4.69, 9.17) is 4.74 Å². The van der Waals surface area contributed by atoms with Gasteiger partial charge < -0.3 is 4.74 Å². The third kappa shape index (κ3) is 3.12. The third-order valence-electron chi connectivity index (χ3n) is 2.56. The maximum absolute atomic E-state index is 12.0. The minimum atomic E-state index is -0.706. The molecule has 0 bridgehead atoms. The molecule has 0 radical (unpaired) electrons. The molecule has 0 amide bonds. The van der Waals surface area contributed by atoms with Gasteiger partial charge in [-0.15, -0.1) is 11.3 Å². The van der Waals surface area contributed by atoms with E-state index in [9.17, 15) is 4.79 Å². The molecule has 1 aromatic rings. The number of thiazole rings is 1. The summed E-state index contributed by atoms with van der Waals surface area (Å²) in [7, 11) is 0. The van der Waals surface area contributed by atoms with Crippen molar-refractivity contribution in [2.24, 2.45) is 0 Å². The summed E-state index contributed by atoms with van der Waals surface area (Å²) >= 11 is 1.59. The summed E-state index contributed by atoms with van der Waals surface area (Å²) < 4.78 is 5.43. The van der Waals surface area contributed by atoms with E-state index in [1.54, 1.807) is 11.3 Å². The lowest BCUT2D eigenvalue weighted by Crippen LogP contribution is -2.36. The molecule has 0 spiro atoms. The van der Waals surface area contributed by atoms with Crippen LogP contribution in [-0.4, -0.2) is 23.0 Å². The average Bonchev–Trinajstić information content (AvgIpc) is 2.45. The van der Waals surface area contributed by atoms with Crippen molar-refractivity contribution in [2.45, 2.75) is 46.6 Å². The van der Waals surface area contributed by atoms with Crippen LogP contribution in [0.5, 0.6) is 0 Å². The van der Waals surface area contributed by atoms with Gasteiger partial charge >= 0.3 is 0 Å². The summed E-state index contributed by atoms with van der Waals surface area (Å²) in [4.78, 5) is 17.5. The predicted molar refractivity (Wildman–Crippen MR) is 66.0 cm³/mol. The molecule has 0 aliphatic heterocycles. The number of rotatable bonds is 5. The molecular weight excluding hydrogens is 222 g/mol. The van der Waals surface area contributed by atoms with Gasteiger partial charge in [-0.1, -0.05) is 0 Å². The molecule has 0 saturated heterocycles. The van der Waals surface area contributed by atoms with E-state index >= 15 is 0 Å².